The molecule has 0 heterocycles. The quantitative estimate of drug-likeness (QED) is 0.377. The van der Waals surface area contributed by atoms with Crippen LogP contribution in [0.25, 0.3) is 0 Å². The molecule has 0 aliphatic rings. The zero-order chi connectivity index (χ0) is 10.6. The minimum absolute atomic E-state index is 0. The van der Waals surface area contributed by atoms with E-state index in [2.05, 4.69) is 0 Å². The van der Waals surface area contributed by atoms with Gasteiger partial charge >= 0.3 is 0 Å². The van der Waals surface area contributed by atoms with Gasteiger partial charge in [-0.3, -0.25) is 10.3 Å². The van der Waals surface area contributed by atoms with Crippen LogP contribution in [0.15, 0.2) is 21.9 Å². The lowest BCUT2D eigenvalue weighted by Crippen LogP contribution is -1.79. The Morgan fingerprint density at radius 1 is 0.812 bits per heavy atom. The topological polar surface area (TPSA) is 92.5 Å². The Bertz CT molecular complexity index is 300. The van der Waals surface area contributed by atoms with Crippen LogP contribution in [0.3, 0.4) is 0 Å². The van der Waals surface area contributed by atoms with Crippen molar-refractivity contribution in [3.63, 3.8) is 0 Å². The van der Waals surface area contributed by atoms with Crippen LogP contribution in [-0.2, 0) is 0 Å². The predicted molar refractivity (Wildman–Crippen MR) is 79.5 cm³/mol. The fourth-order valence-electron chi connectivity index (χ4n) is 0.776. The summed E-state index contributed by atoms with van der Waals surface area (Å²) >= 11 is 0. The molecule has 0 bridgehead atoms. The fourth-order valence-corrected chi connectivity index (χ4v) is 3.01. The maximum absolute atomic E-state index is 9.51. The van der Waals surface area contributed by atoms with Gasteiger partial charge in [-0.05, 0) is 55.7 Å². The molecule has 0 unspecified atom stereocenters. The van der Waals surface area contributed by atoms with Gasteiger partial charge in [0.15, 0.2) is 0 Å². The Labute approximate surface area is 122 Å². The number of rotatable bonds is 4. The third-order valence-electron chi connectivity index (χ3n) is 1.32. The minimum atomic E-state index is 0. The van der Waals surface area contributed by atoms with Crippen LogP contribution in [0.5, 0.6) is 11.5 Å². The van der Waals surface area contributed by atoms with E-state index in [1.165, 1.54) is 33.7 Å². The van der Waals surface area contributed by atoms with Gasteiger partial charge in [-0.2, -0.15) is 0 Å². The van der Waals surface area contributed by atoms with E-state index in [0.29, 0.717) is 9.79 Å². The van der Waals surface area contributed by atoms with Crippen molar-refractivity contribution in [1.82, 2.24) is 0 Å². The van der Waals surface area contributed by atoms with E-state index in [4.69, 9.17) is 10.3 Å². The lowest BCUT2D eigenvalue weighted by molar-refractivity contribution is 0.439. The van der Waals surface area contributed by atoms with Gasteiger partial charge in [0.1, 0.15) is 11.5 Å². The molecule has 94 valence electrons. The molecular formula is C6H10Cl2N2O2S4. The Morgan fingerprint density at radius 2 is 1.12 bits per heavy atom. The summed E-state index contributed by atoms with van der Waals surface area (Å²) in [5.74, 6) is 0.171. The standard InChI is InChI=1S/C6H8N2O2S4.2ClH/c7-13-11-5-1-3(9)6(12-14-8)2-4(5)10;;/h1-2,9-10H,7-8H2;2*1H. The molecule has 4 nitrogen and oxygen atoms in total. The molecule has 0 aliphatic heterocycles. The highest BCUT2D eigenvalue weighted by Crippen LogP contribution is 2.43. The largest absolute Gasteiger partial charge is 0.507 e. The summed E-state index contributed by atoms with van der Waals surface area (Å²) in [5, 5.41) is 29.5. The first-order chi connectivity index (χ1) is 6.69. The average Bonchev–Trinajstić information content (AvgIpc) is 2.14. The van der Waals surface area contributed by atoms with Crippen molar-refractivity contribution in [3.05, 3.63) is 12.1 Å². The summed E-state index contributed by atoms with van der Waals surface area (Å²) in [6, 6.07) is 2.91. The van der Waals surface area contributed by atoms with E-state index in [9.17, 15) is 10.2 Å². The summed E-state index contributed by atoms with van der Waals surface area (Å²) in [5.41, 5.74) is 0. The monoisotopic (exact) mass is 340 g/mol. The third kappa shape index (κ3) is 5.37. The van der Waals surface area contributed by atoms with Crippen LogP contribution in [0.2, 0.25) is 0 Å². The normalized spacial score (nSPS) is 9.12. The third-order valence-corrected chi connectivity index (χ3v) is 4.18. The zero-order valence-electron chi connectivity index (χ0n) is 7.65. The first-order valence-electron chi connectivity index (χ1n) is 3.31. The number of nitrogens with two attached hydrogens (primary N) is 2. The fraction of sp³-hybridized carbons (Fsp3) is 0. The van der Waals surface area contributed by atoms with Gasteiger partial charge in [-0.1, -0.05) is 0 Å². The lowest BCUT2D eigenvalue weighted by atomic mass is 10.3. The second kappa shape index (κ2) is 9.72. The smallest absolute Gasteiger partial charge is 0.131 e. The number of hydrogen-bond acceptors (Lipinski definition) is 8. The van der Waals surface area contributed by atoms with Gasteiger partial charge in [-0.15, -0.1) is 24.8 Å². The van der Waals surface area contributed by atoms with Gasteiger partial charge < -0.3 is 10.2 Å². The molecule has 0 amide bonds. The van der Waals surface area contributed by atoms with Gasteiger partial charge in [0.05, 0.1) is 9.79 Å². The van der Waals surface area contributed by atoms with E-state index in [0.717, 1.165) is 22.0 Å². The molecule has 0 radical (unpaired) electrons. The summed E-state index contributed by atoms with van der Waals surface area (Å²) in [6.45, 7) is 0. The predicted octanol–water partition coefficient (Wildman–Crippen LogP) is 3.17. The van der Waals surface area contributed by atoms with E-state index in [-0.39, 0.29) is 36.3 Å². The van der Waals surface area contributed by atoms with Crippen LogP contribution < -0.4 is 10.3 Å². The molecule has 1 aromatic carbocycles. The first kappa shape index (κ1) is 19.1. The van der Waals surface area contributed by atoms with E-state index >= 15 is 0 Å². The molecular weight excluding hydrogens is 331 g/mol. The van der Waals surface area contributed by atoms with Crippen molar-refractivity contribution in [2.75, 3.05) is 0 Å². The van der Waals surface area contributed by atoms with Crippen molar-refractivity contribution in [2.45, 2.75) is 9.79 Å². The number of phenols is 2. The number of aromatic hydroxyl groups is 2. The summed E-state index contributed by atoms with van der Waals surface area (Å²) in [7, 11) is 4.37. The highest BCUT2D eigenvalue weighted by atomic mass is 35.5. The summed E-state index contributed by atoms with van der Waals surface area (Å²) in [4.78, 5) is 1.06. The summed E-state index contributed by atoms with van der Waals surface area (Å²) in [6.07, 6.45) is 0. The van der Waals surface area contributed by atoms with Crippen LogP contribution in [0.4, 0.5) is 0 Å². The zero-order valence-corrected chi connectivity index (χ0v) is 12.6. The Morgan fingerprint density at radius 3 is 1.38 bits per heavy atom. The maximum atomic E-state index is 9.51. The van der Waals surface area contributed by atoms with Gasteiger partial charge in [0.25, 0.3) is 0 Å². The Hall–Kier alpha value is 0.720. The highest BCUT2D eigenvalue weighted by molar-refractivity contribution is 8.76. The highest BCUT2D eigenvalue weighted by Gasteiger charge is 2.09. The second-order valence-corrected chi connectivity index (χ2v) is 5.90. The molecule has 0 aromatic heterocycles. The molecule has 0 aliphatic carbocycles. The van der Waals surface area contributed by atoms with E-state index in [1.807, 2.05) is 0 Å². The molecule has 0 fully saturated rings. The van der Waals surface area contributed by atoms with Gasteiger partial charge in [-0.25, -0.2) is 0 Å². The minimum Gasteiger partial charge on any atom is -0.507 e. The van der Waals surface area contributed by atoms with Crippen LogP contribution in [0, 0.1) is 0 Å². The average molecular weight is 341 g/mol. The lowest BCUT2D eigenvalue weighted by Gasteiger charge is -2.06. The van der Waals surface area contributed by atoms with Crippen LogP contribution >= 0.6 is 68.4 Å². The van der Waals surface area contributed by atoms with Crippen molar-refractivity contribution < 1.29 is 10.2 Å². The number of halogens is 2. The molecule has 0 atom stereocenters. The molecule has 10 heteroatoms. The van der Waals surface area contributed by atoms with Crippen LogP contribution in [0.1, 0.15) is 0 Å². The Balaban J connectivity index is 0. The molecule has 1 rings (SSSR count). The molecule has 16 heavy (non-hydrogen) atoms. The summed E-state index contributed by atoms with van der Waals surface area (Å²) < 4.78 is 0. The first-order valence-corrected chi connectivity index (χ1v) is 7.74. The van der Waals surface area contributed by atoms with Crippen molar-refractivity contribution in [1.29, 1.82) is 0 Å². The van der Waals surface area contributed by atoms with Crippen molar-refractivity contribution in [3.8, 4) is 11.5 Å². The number of benzene rings is 1. The molecule has 0 saturated heterocycles. The molecule has 6 N–H and O–H groups in total. The van der Waals surface area contributed by atoms with Crippen molar-refractivity contribution in [2.24, 2.45) is 10.3 Å². The Kier molecular flexibility index (Phi) is 11.6. The van der Waals surface area contributed by atoms with Gasteiger partial charge in [0, 0.05) is 0 Å². The van der Waals surface area contributed by atoms with E-state index in [1.54, 1.807) is 0 Å². The molecule has 0 spiro atoms. The maximum Gasteiger partial charge on any atom is 0.131 e. The number of hydrogen-bond donors (Lipinski definition) is 4. The van der Waals surface area contributed by atoms with Gasteiger partial charge in [0.2, 0.25) is 0 Å². The number of phenolic OH excluding ortho intramolecular Hbond substituents is 2. The van der Waals surface area contributed by atoms with E-state index < -0.39 is 0 Å². The SMILES string of the molecule is Cl.Cl.NSSc1cc(O)c(SSN)cc1O. The van der Waals surface area contributed by atoms with Crippen LogP contribution in [-0.4, -0.2) is 10.2 Å². The molecule has 1 aromatic rings. The van der Waals surface area contributed by atoms with Crippen molar-refractivity contribution >= 4 is 68.4 Å². The second-order valence-electron chi connectivity index (χ2n) is 2.15. The molecule has 0 saturated carbocycles.